The number of ether oxygens (including phenoxy) is 2. The van der Waals surface area contributed by atoms with E-state index in [1.165, 1.54) is 7.11 Å². The van der Waals surface area contributed by atoms with Crippen molar-refractivity contribution in [3.8, 4) is 17.2 Å². The molecule has 0 spiro atoms. The molecular weight excluding hydrogens is 364 g/mol. The maximum atomic E-state index is 12.3. The third-order valence-corrected chi connectivity index (χ3v) is 4.41. The molecule has 3 aromatic carbocycles. The van der Waals surface area contributed by atoms with E-state index in [1.54, 1.807) is 55.7 Å². The van der Waals surface area contributed by atoms with Crippen molar-refractivity contribution in [2.45, 2.75) is 0 Å². The van der Waals surface area contributed by atoms with Gasteiger partial charge >= 0.3 is 0 Å². The summed E-state index contributed by atoms with van der Waals surface area (Å²) in [7, 11) is 3.12. The minimum Gasteiger partial charge on any atom is -0.504 e. The molecule has 4 nitrogen and oxygen atoms in total. The lowest BCUT2D eigenvalue weighted by atomic mass is 10.1. The minimum atomic E-state index is -0.0575. The number of phenolic OH excluding ortho intramolecular Hbond substituents is 1. The summed E-state index contributed by atoms with van der Waals surface area (Å²) in [6, 6.07) is 20.1. The van der Waals surface area contributed by atoms with Crippen LogP contribution in [0.15, 0.2) is 72.8 Å². The van der Waals surface area contributed by atoms with Crippen LogP contribution in [0.2, 0.25) is 0 Å². The van der Waals surface area contributed by atoms with Crippen molar-refractivity contribution < 1.29 is 19.4 Å². The number of benzene rings is 3. The zero-order valence-corrected chi connectivity index (χ0v) is 16.3. The molecule has 0 aliphatic heterocycles. The molecule has 0 radical (unpaired) electrons. The fourth-order valence-corrected chi connectivity index (χ4v) is 2.73. The van der Waals surface area contributed by atoms with Crippen molar-refractivity contribution >= 4 is 24.0 Å². The van der Waals surface area contributed by atoms with Gasteiger partial charge in [0.05, 0.1) is 14.2 Å². The highest BCUT2D eigenvalue weighted by Crippen LogP contribution is 2.27. The van der Waals surface area contributed by atoms with Gasteiger partial charge in [0.15, 0.2) is 17.3 Å². The van der Waals surface area contributed by atoms with Gasteiger partial charge in [0.2, 0.25) is 0 Å². The second kappa shape index (κ2) is 9.42. The topological polar surface area (TPSA) is 55.8 Å². The Labute approximate surface area is 170 Å². The first kappa shape index (κ1) is 20.0. The van der Waals surface area contributed by atoms with Gasteiger partial charge < -0.3 is 14.6 Å². The van der Waals surface area contributed by atoms with Crippen LogP contribution in [0.5, 0.6) is 17.2 Å². The number of carbonyl (C=O) groups excluding carboxylic acids is 1. The average Bonchev–Trinajstić information content (AvgIpc) is 2.77. The molecule has 3 aromatic rings. The van der Waals surface area contributed by atoms with Gasteiger partial charge in [-0.2, -0.15) is 0 Å². The SMILES string of the molecule is COc1ccc(C(=O)/C=C/c2ccc(/C=C/c3ccc(O)c(OC)c3)cc2)cc1. The van der Waals surface area contributed by atoms with E-state index in [2.05, 4.69) is 0 Å². The molecular formula is C25H22O4. The Morgan fingerprint density at radius 1 is 0.759 bits per heavy atom. The fourth-order valence-electron chi connectivity index (χ4n) is 2.73. The molecule has 29 heavy (non-hydrogen) atoms. The maximum absolute atomic E-state index is 12.3. The summed E-state index contributed by atoms with van der Waals surface area (Å²) in [6.45, 7) is 0. The van der Waals surface area contributed by atoms with E-state index in [0.717, 1.165) is 22.4 Å². The summed E-state index contributed by atoms with van der Waals surface area (Å²) in [6.07, 6.45) is 7.28. The Morgan fingerprint density at radius 2 is 1.34 bits per heavy atom. The van der Waals surface area contributed by atoms with E-state index >= 15 is 0 Å². The molecule has 0 saturated heterocycles. The number of aromatic hydroxyl groups is 1. The molecule has 146 valence electrons. The van der Waals surface area contributed by atoms with Crippen molar-refractivity contribution in [2.24, 2.45) is 0 Å². The van der Waals surface area contributed by atoms with Crippen LogP contribution in [0, 0.1) is 0 Å². The largest absolute Gasteiger partial charge is 0.504 e. The number of carbonyl (C=O) groups is 1. The lowest BCUT2D eigenvalue weighted by Gasteiger charge is -2.03. The van der Waals surface area contributed by atoms with Gasteiger partial charge in [-0.3, -0.25) is 4.79 Å². The maximum Gasteiger partial charge on any atom is 0.185 e. The lowest BCUT2D eigenvalue weighted by Crippen LogP contribution is -1.94. The van der Waals surface area contributed by atoms with E-state index in [4.69, 9.17) is 9.47 Å². The Kier molecular flexibility index (Phi) is 6.48. The average molecular weight is 386 g/mol. The number of allylic oxidation sites excluding steroid dienone is 1. The minimum absolute atomic E-state index is 0.0575. The van der Waals surface area contributed by atoms with Crippen LogP contribution < -0.4 is 9.47 Å². The van der Waals surface area contributed by atoms with Crippen LogP contribution >= 0.6 is 0 Å². The first-order chi connectivity index (χ1) is 14.1. The first-order valence-electron chi connectivity index (χ1n) is 9.10. The third-order valence-electron chi connectivity index (χ3n) is 4.41. The van der Waals surface area contributed by atoms with E-state index in [-0.39, 0.29) is 11.5 Å². The number of rotatable bonds is 7. The summed E-state index contributed by atoms with van der Waals surface area (Å²) in [5.74, 6) is 1.22. The summed E-state index contributed by atoms with van der Waals surface area (Å²) < 4.78 is 10.2. The van der Waals surface area contributed by atoms with E-state index in [9.17, 15) is 9.90 Å². The number of hydrogen-bond donors (Lipinski definition) is 1. The van der Waals surface area contributed by atoms with Crippen LogP contribution in [0.25, 0.3) is 18.2 Å². The standard InChI is InChI=1S/C25H22O4/c1-28-22-13-11-21(12-14-22)23(26)15-9-19-5-3-18(4-6-19)7-8-20-10-16-24(27)25(17-20)29-2/h3-17,27H,1-2H3/b8-7+,15-9+. The highest BCUT2D eigenvalue weighted by molar-refractivity contribution is 6.06. The highest BCUT2D eigenvalue weighted by atomic mass is 16.5. The second-order valence-corrected chi connectivity index (χ2v) is 6.36. The summed E-state index contributed by atoms with van der Waals surface area (Å²) in [5.41, 5.74) is 3.51. The third kappa shape index (κ3) is 5.36. The number of phenols is 1. The van der Waals surface area contributed by atoms with Gasteiger partial charge in [-0.25, -0.2) is 0 Å². The number of ketones is 1. The van der Waals surface area contributed by atoms with Gasteiger partial charge in [0.25, 0.3) is 0 Å². The summed E-state index contributed by atoms with van der Waals surface area (Å²) in [4.78, 5) is 12.3. The predicted octanol–water partition coefficient (Wildman–Crippen LogP) is 5.48. The van der Waals surface area contributed by atoms with Crippen LogP contribution in [-0.4, -0.2) is 25.1 Å². The molecule has 0 bridgehead atoms. The van der Waals surface area contributed by atoms with Crippen molar-refractivity contribution in [1.29, 1.82) is 0 Å². The smallest absolute Gasteiger partial charge is 0.185 e. The predicted molar refractivity (Wildman–Crippen MR) is 116 cm³/mol. The first-order valence-corrected chi connectivity index (χ1v) is 9.10. The molecule has 0 aliphatic rings. The second-order valence-electron chi connectivity index (χ2n) is 6.36. The van der Waals surface area contributed by atoms with Gasteiger partial charge in [-0.1, -0.05) is 48.6 Å². The molecule has 4 heteroatoms. The van der Waals surface area contributed by atoms with E-state index in [0.29, 0.717) is 11.3 Å². The monoisotopic (exact) mass is 386 g/mol. The molecule has 1 N–H and O–H groups in total. The Hall–Kier alpha value is -3.79. The molecule has 0 amide bonds. The van der Waals surface area contributed by atoms with Crippen molar-refractivity contribution in [1.82, 2.24) is 0 Å². The molecule has 0 atom stereocenters. The van der Waals surface area contributed by atoms with E-state index < -0.39 is 0 Å². The Balaban J connectivity index is 1.65. The normalized spacial score (nSPS) is 11.1. The van der Waals surface area contributed by atoms with Gasteiger partial charge in [-0.05, 0) is 59.2 Å². The van der Waals surface area contributed by atoms with Crippen molar-refractivity contribution in [3.05, 3.63) is 95.1 Å². The fraction of sp³-hybridized carbons (Fsp3) is 0.0800. The lowest BCUT2D eigenvalue weighted by molar-refractivity contribution is 0.104. The molecule has 0 aromatic heterocycles. The number of hydrogen-bond acceptors (Lipinski definition) is 4. The zero-order chi connectivity index (χ0) is 20.6. The molecule has 0 aliphatic carbocycles. The van der Waals surface area contributed by atoms with Crippen LogP contribution in [-0.2, 0) is 0 Å². The van der Waals surface area contributed by atoms with Crippen molar-refractivity contribution in [3.63, 3.8) is 0 Å². The van der Waals surface area contributed by atoms with Gasteiger partial charge in [-0.15, -0.1) is 0 Å². The van der Waals surface area contributed by atoms with E-state index in [1.807, 2.05) is 42.5 Å². The molecule has 0 fully saturated rings. The molecule has 3 rings (SSSR count). The summed E-state index contributed by atoms with van der Waals surface area (Å²) in [5, 5.41) is 9.65. The highest BCUT2D eigenvalue weighted by Gasteiger charge is 2.02. The molecule has 0 saturated carbocycles. The Bertz CT molecular complexity index is 1030. The number of methoxy groups -OCH3 is 2. The van der Waals surface area contributed by atoms with Crippen LogP contribution in [0.4, 0.5) is 0 Å². The van der Waals surface area contributed by atoms with Crippen LogP contribution in [0.1, 0.15) is 27.0 Å². The molecule has 0 heterocycles. The van der Waals surface area contributed by atoms with Crippen LogP contribution in [0.3, 0.4) is 0 Å². The molecule has 0 unspecified atom stereocenters. The van der Waals surface area contributed by atoms with Crippen molar-refractivity contribution in [2.75, 3.05) is 14.2 Å². The van der Waals surface area contributed by atoms with Gasteiger partial charge in [0.1, 0.15) is 5.75 Å². The quantitative estimate of drug-likeness (QED) is 0.332. The van der Waals surface area contributed by atoms with Gasteiger partial charge in [0, 0.05) is 5.56 Å². The zero-order valence-electron chi connectivity index (χ0n) is 16.3. The Morgan fingerprint density at radius 3 is 1.97 bits per heavy atom. The summed E-state index contributed by atoms with van der Waals surface area (Å²) >= 11 is 0.